The van der Waals surface area contributed by atoms with Gasteiger partial charge >= 0.3 is 5.97 Å². The summed E-state index contributed by atoms with van der Waals surface area (Å²) in [5.41, 5.74) is 5.03. The van der Waals surface area contributed by atoms with Gasteiger partial charge in [0.15, 0.2) is 0 Å². The van der Waals surface area contributed by atoms with Gasteiger partial charge in [0, 0.05) is 16.5 Å². The standard InChI is InChI=1S/C25H20Cl2N6O5/c1-25(10-13-2-4-14(11-28)5-3-13)23(38)32(17-7-15(26)6-16(27)8-17)24-30-12-19(33(24)25)21(35)31-18(22(36)37)9-20(29)34/h2-8,12,18H,9-10H2,1H3,(H2,29,34)(H,31,35)(H,36,37). The van der Waals surface area contributed by atoms with Crippen LogP contribution in [0.1, 0.15) is 35.0 Å². The first-order chi connectivity index (χ1) is 17.9. The summed E-state index contributed by atoms with van der Waals surface area (Å²) in [6, 6.07) is 11.6. The third-order valence-corrected chi connectivity index (χ3v) is 6.52. The number of carbonyl (C=O) groups is 4. The number of carboxylic acid groups (broad SMARTS) is 1. The molecule has 0 spiro atoms. The number of primary amides is 1. The number of rotatable bonds is 8. The van der Waals surface area contributed by atoms with E-state index in [9.17, 15) is 24.3 Å². The first-order valence-electron chi connectivity index (χ1n) is 11.1. The fraction of sp³-hybridized carbons (Fsp3) is 0.200. The zero-order valence-electron chi connectivity index (χ0n) is 19.8. The van der Waals surface area contributed by atoms with Gasteiger partial charge in [0.2, 0.25) is 11.9 Å². The van der Waals surface area contributed by atoms with Gasteiger partial charge in [-0.2, -0.15) is 5.26 Å². The second-order valence-electron chi connectivity index (χ2n) is 8.84. The van der Waals surface area contributed by atoms with E-state index in [1.165, 1.54) is 33.9 Å². The van der Waals surface area contributed by atoms with Crippen molar-refractivity contribution in [1.82, 2.24) is 14.9 Å². The molecule has 1 aromatic heterocycles. The Morgan fingerprint density at radius 2 is 1.82 bits per heavy atom. The van der Waals surface area contributed by atoms with Crippen molar-refractivity contribution >= 4 is 58.5 Å². The number of nitriles is 1. The van der Waals surface area contributed by atoms with Gasteiger partial charge in [-0.05, 0) is 42.8 Å². The summed E-state index contributed by atoms with van der Waals surface area (Å²) in [6.45, 7) is 1.61. The lowest BCUT2D eigenvalue weighted by Crippen LogP contribution is -2.46. The molecule has 3 amide bonds. The third-order valence-electron chi connectivity index (χ3n) is 6.08. The normalized spacial score (nSPS) is 17.0. The van der Waals surface area contributed by atoms with Crippen LogP contribution < -0.4 is 16.0 Å². The highest BCUT2D eigenvalue weighted by molar-refractivity contribution is 6.35. The lowest BCUT2D eigenvalue weighted by atomic mass is 9.91. The Hall–Kier alpha value is -4.40. The molecule has 0 fully saturated rings. The second-order valence-corrected chi connectivity index (χ2v) is 9.71. The smallest absolute Gasteiger partial charge is 0.326 e. The van der Waals surface area contributed by atoms with E-state index in [4.69, 9.17) is 34.2 Å². The molecule has 4 N–H and O–H groups in total. The van der Waals surface area contributed by atoms with Gasteiger partial charge < -0.3 is 16.2 Å². The number of nitrogens with one attached hydrogen (secondary N) is 1. The summed E-state index contributed by atoms with van der Waals surface area (Å²) < 4.78 is 1.40. The summed E-state index contributed by atoms with van der Waals surface area (Å²) in [6.07, 6.45) is 0.669. The van der Waals surface area contributed by atoms with Crippen LogP contribution in [-0.2, 0) is 26.3 Å². The molecular formula is C25H20Cl2N6O5. The van der Waals surface area contributed by atoms with Crippen LogP contribution in [0.2, 0.25) is 10.0 Å². The lowest BCUT2D eigenvalue weighted by Gasteiger charge is -2.27. The molecule has 2 unspecified atom stereocenters. The van der Waals surface area contributed by atoms with Crippen molar-refractivity contribution in [3.05, 3.63) is 75.5 Å². The SMILES string of the molecule is CC1(Cc2ccc(C#N)cc2)C(=O)N(c2cc(Cl)cc(Cl)c2)c2ncc(C(=O)NC(CC(N)=O)C(=O)O)n21. The Kier molecular flexibility index (Phi) is 7.13. The molecule has 3 aromatic rings. The van der Waals surface area contributed by atoms with Crippen molar-refractivity contribution in [3.8, 4) is 6.07 Å². The quantitative estimate of drug-likeness (QED) is 0.384. The van der Waals surface area contributed by atoms with Crippen LogP contribution in [-0.4, -0.2) is 44.4 Å². The number of halogens is 2. The van der Waals surface area contributed by atoms with Crippen molar-refractivity contribution < 1.29 is 24.3 Å². The topological polar surface area (TPSA) is 171 Å². The molecule has 2 heterocycles. The van der Waals surface area contributed by atoms with Gasteiger partial charge in [0.05, 0.1) is 29.9 Å². The molecule has 2 atom stereocenters. The number of hydrogen-bond donors (Lipinski definition) is 3. The van der Waals surface area contributed by atoms with E-state index in [1.54, 1.807) is 31.2 Å². The Bertz CT molecular complexity index is 1490. The predicted octanol–water partition coefficient (Wildman–Crippen LogP) is 2.76. The van der Waals surface area contributed by atoms with E-state index in [0.29, 0.717) is 16.8 Å². The maximum Gasteiger partial charge on any atom is 0.326 e. The number of nitrogens with two attached hydrogens (primary N) is 1. The monoisotopic (exact) mass is 554 g/mol. The highest BCUT2D eigenvalue weighted by atomic mass is 35.5. The van der Waals surface area contributed by atoms with Gasteiger partial charge in [-0.25, -0.2) is 14.7 Å². The van der Waals surface area contributed by atoms with Crippen LogP contribution in [0, 0.1) is 11.3 Å². The highest BCUT2D eigenvalue weighted by Crippen LogP contribution is 2.43. The van der Waals surface area contributed by atoms with Crippen LogP contribution in [0.3, 0.4) is 0 Å². The highest BCUT2D eigenvalue weighted by Gasteiger charge is 2.51. The minimum Gasteiger partial charge on any atom is -0.480 e. The average Bonchev–Trinajstić information content (AvgIpc) is 3.36. The largest absolute Gasteiger partial charge is 0.480 e. The molecule has 4 rings (SSSR count). The first-order valence-corrected chi connectivity index (χ1v) is 11.9. The van der Waals surface area contributed by atoms with E-state index < -0.39 is 41.7 Å². The fourth-order valence-corrected chi connectivity index (χ4v) is 4.87. The molecular weight excluding hydrogens is 535 g/mol. The van der Waals surface area contributed by atoms with Gasteiger partial charge in [0.25, 0.3) is 11.8 Å². The van der Waals surface area contributed by atoms with Gasteiger partial charge in [-0.1, -0.05) is 35.3 Å². The maximum absolute atomic E-state index is 14.0. The molecule has 1 aliphatic rings. The third kappa shape index (κ3) is 4.91. The van der Waals surface area contributed by atoms with Crippen molar-refractivity contribution in [3.63, 3.8) is 0 Å². The zero-order chi connectivity index (χ0) is 27.8. The molecule has 38 heavy (non-hydrogen) atoms. The lowest BCUT2D eigenvalue weighted by molar-refractivity contribution is -0.141. The number of fused-ring (bicyclic) bond motifs is 1. The molecule has 0 saturated heterocycles. The first kappa shape index (κ1) is 26.7. The van der Waals surface area contributed by atoms with E-state index in [1.807, 2.05) is 6.07 Å². The summed E-state index contributed by atoms with van der Waals surface area (Å²) in [5.74, 6) is -3.62. The minimum absolute atomic E-state index is 0.0800. The molecule has 13 heteroatoms. The number of anilines is 2. The van der Waals surface area contributed by atoms with Crippen molar-refractivity contribution in [2.24, 2.45) is 5.73 Å². The number of benzene rings is 2. The van der Waals surface area contributed by atoms with E-state index in [-0.39, 0.29) is 28.1 Å². The van der Waals surface area contributed by atoms with Gasteiger partial charge in [-0.3, -0.25) is 19.0 Å². The molecule has 0 saturated carbocycles. The number of hydrogen-bond acceptors (Lipinski definition) is 6. The van der Waals surface area contributed by atoms with Crippen LogP contribution in [0.4, 0.5) is 11.6 Å². The van der Waals surface area contributed by atoms with Gasteiger partial charge in [-0.15, -0.1) is 0 Å². The summed E-state index contributed by atoms with van der Waals surface area (Å²) in [4.78, 5) is 55.7. The summed E-state index contributed by atoms with van der Waals surface area (Å²) in [5, 5.41) is 21.4. The second kappa shape index (κ2) is 10.2. The molecule has 194 valence electrons. The number of nitrogens with zero attached hydrogens (tertiary/aromatic N) is 4. The van der Waals surface area contributed by atoms with Crippen molar-refractivity contribution in [1.29, 1.82) is 5.26 Å². The Morgan fingerprint density at radius 3 is 2.37 bits per heavy atom. The van der Waals surface area contributed by atoms with E-state index >= 15 is 0 Å². The number of carboxylic acids is 1. The Balaban J connectivity index is 1.83. The molecule has 0 aliphatic carbocycles. The van der Waals surface area contributed by atoms with Crippen LogP contribution >= 0.6 is 23.2 Å². The Labute approximate surface area is 226 Å². The molecule has 1 aliphatic heterocycles. The molecule has 0 bridgehead atoms. The number of aliphatic carboxylic acids is 1. The van der Waals surface area contributed by atoms with Crippen LogP contribution in [0.25, 0.3) is 0 Å². The van der Waals surface area contributed by atoms with E-state index in [0.717, 1.165) is 0 Å². The van der Waals surface area contributed by atoms with Gasteiger partial charge in [0.1, 0.15) is 17.3 Å². The average molecular weight is 555 g/mol. The summed E-state index contributed by atoms with van der Waals surface area (Å²) >= 11 is 12.4. The Morgan fingerprint density at radius 1 is 1.18 bits per heavy atom. The molecule has 11 nitrogen and oxygen atoms in total. The van der Waals surface area contributed by atoms with E-state index in [2.05, 4.69) is 10.3 Å². The number of imidazole rings is 1. The molecule has 0 radical (unpaired) electrons. The fourth-order valence-electron chi connectivity index (χ4n) is 4.36. The number of carbonyl (C=O) groups excluding carboxylic acids is 3. The molecule has 2 aromatic carbocycles. The van der Waals surface area contributed by atoms with Crippen LogP contribution in [0.5, 0.6) is 0 Å². The zero-order valence-corrected chi connectivity index (χ0v) is 21.3. The number of amides is 3. The maximum atomic E-state index is 14.0. The number of aromatic nitrogens is 2. The predicted molar refractivity (Wildman–Crippen MR) is 137 cm³/mol. The summed E-state index contributed by atoms with van der Waals surface area (Å²) in [7, 11) is 0. The van der Waals surface area contributed by atoms with Crippen LogP contribution in [0.15, 0.2) is 48.7 Å². The van der Waals surface area contributed by atoms with Crippen molar-refractivity contribution in [2.75, 3.05) is 4.90 Å². The van der Waals surface area contributed by atoms with Crippen molar-refractivity contribution in [2.45, 2.75) is 31.3 Å². The minimum atomic E-state index is -1.59.